The van der Waals surface area contributed by atoms with E-state index >= 15 is 0 Å². The van der Waals surface area contributed by atoms with E-state index in [0.29, 0.717) is 28.7 Å². The van der Waals surface area contributed by atoms with Crippen LogP contribution in [-0.4, -0.2) is 42.6 Å². The minimum atomic E-state index is -0.380. The van der Waals surface area contributed by atoms with Gasteiger partial charge in [-0.25, -0.2) is 8.78 Å². The lowest BCUT2D eigenvalue weighted by Crippen LogP contribution is -2.31. The van der Waals surface area contributed by atoms with Gasteiger partial charge in [-0.2, -0.15) is 10.1 Å². The summed E-state index contributed by atoms with van der Waals surface area (Å²) in [5, 5.41) is 7.13. The molecule has 0 aliphatic carbocycles. The zero-order valence-electron chi connectivity index (χ0n) is 23.0. The second-order valence-corrected chi connectivity index (χ2v) is 10.8. The fourth-order valence-electron chi connectivity index (χ4n) is 4.36. The predicted molar refractivity (Wildman–Crippen MR) is 157 cm³/mol. The molecule has 3 heterocycles. The van der Waals surface area contributed by atoms with Gasteiger partial charge in [0.2, 0.25) is 5.91 Å². The number of hydrogen-bond donors (Lipinski definition) is 1. The van der Waals surface area contributed by atoms with Crippen LogP contribution in [0.3, 0.4) is 0 Å². The van der Waals surface area contributed by atoms with E-state index in [1.54, 1.807) is 65.6 Å². The molecule has 0 saturated heterocycles. The lowest BCUT2D eigenvalue weighted by Gasteiger charge is -2.20. The molecule has 1 unspecified atom stereocenters. The fourth-order valence-corrected chi connectivity index (χ4v) is 5.28. The van der Waals surface area contributed by atoms with Crippen LogP contribution in [0.25, 0.3) is 11.3 Å². The monoisotopic (exact) mass is 586 g/mol. The summed E-state index contributed by atoms with van der Waals surface area (Å²) in [4.78, 5) is 36.8. The average Bonchev–Trinajstić information content (AvgIpc) is 3.54. The van der Waals surface area contributed by atoms with Gasteiger partial charge in [0.25, 0.3) is 5.56 Å². The molecule has 3 aromatic heterocycles. The van der Waals surface area contributed by atoms with E-state index in [1.807, 2.05) is 19.1 Å². The molecule has 5 aromatic rings. The first kappa shape index (κ1) is 28.9. The lowest BCUT2D eigenvalue weighted by atomic mass is 9.98. The Morgan fingerprint density at radius 2 is 1.69 bits per heavy atom. The summed E-state index contributed by atoms with van der Waals surface area (Å²) in [5.74, 6) is -0.670. The Hall–Kier alpha value is -4.64. The minimum Gasteiger partial charge on any atom is -0.340 e. The number of nitrogens with one attached hydrogen (secondary N) is 1. The quantitative estimate of drug-likeness (QED) is 0.174. The number of aromatic nitrogens is 5. The highest BCUT2D eigenvalue weighted by Crippen LogP contribution is 2.25. The number of rotatable bonds is 10. The summed E-state index contributed by atoms with van der Waals surface area (Å²) >= 11 is 1.30. The van der Waals surface area contributed by atoms with Crippen LogP contribution in [-0.2, 0) is 23.6 Å². The van der Waals surface area contributed by atoms with Gasteiger partial charge in [0.1, 0.15) is 18.2 Å². The predicted octanol–water partition coefficient (Wildman–Crippen LogP) is 5.41. The second kappa shape index (κ2) is 12.9. The van der Waals surface area contributed by atoms with E-state index in [0.717, 1.165) is 22.3 Å². The SMILES string of the molecule is CC(c1cn[nH]c1)c1cn(CC(=O)N(C)Cc2ccc(-c3ccc(F)cc3)nc2)c(SCc2ccc(F)cc2)nc1=O. The van der Waals surface area contributed by atoms with Crippen molar-refractivity contribution in [2.24, 2.45) is 0 Å². The number of amides is 1. The average molecular weight is 587 g/mol. The first-order valence-electron chi connectivity index (χ1n) is 13.2. The van der Waals surface area contributed by atoms with Gasteiger partial charge in [-0.15, -0.1) is 0 Å². The fraction of sp³-hybridized carbons (Fsp3) is 0.194. The molecule has 5 rings (SSSR count). The zero-order valence-corrected chi connectivity index (χ0v) is 23.8. The third kappa shape index (κ3) is 6.98. The number of H-pyrrole nitrogens is 1. The van der Waals surface area contributed by atoms with Crippen LogP contribution in [0.1, 0.15) is 35.1 Å². The summed E-state index contributed by atoms with van der Waals surface area (Å²) in [7, 11) is 1.70. The van der Waals surface area contributed by atoms with Gasteiger partial charge >= 0.3 is 0 Å². The van der Waals surface area contributed by atoms with Crippen LogP contribution in [0.4, 0.5) is 8.78 Å². The number of nitrogens with zero attached hydrogens (tertiary/aromatic N) is 5. The van der Waals surface area contributed by atoms with Crippen LogP contribution in [0, 0.1) is 11.6 Å². The Morgan fingerprint density at radius 3 is 2.33 bits per heavy atom. The molecule has 0 aliphatic rings. The molecule has 1 N–H and O–H groups in total. The Kier molecular flexibility index (Phi) is 8.87. The lowest BCUT2D eigenvalue weighted by molar-refractivity contribution is -0.131. The number of pyridine rings is 1. The van der Waals surface area contributed by atoms with Crippen molar-refractivity contribution in [2.75, 3.05) is 7.05 Å². The number of carbonyl (C=O) groups excluding carboxylic acids is 1. The summed E-state index contributed by atoms with van der Waals surface area (Å²) < 4.78 is 28.3. The van der Waals surface area contributed by atoms with E-state index in [2.05, 4.69) is 20.2 Å². The summed E-state index contributed by atoms with van der Waals surface area (Å²) in [6.07, 6.45) is 6.75. The van der Waals surface area contributed by atoms with Crippen molar-refractivity contribution < 1.29 is 13.6 Å². The van der Waals surface area contributed by atoms with E-state index < -0.39 is 0 Å². The molecular weight excluding hydrogens is 558 g/mol. The molecule has 1 amide bonds. The standard InChI is InChI=1S/C31H28F2N6O2S/c1-20(24-14-35-36-15-24)27-17-39(31(37-30(27)41)42-19-21-3-8-25(32)9-4-21)18-29(40)38(2)16-22-5-12-28(34-13-22)23-6-10-26(33)11-7-23/h3-15,17,20H,16,18-19H2,1-2H3,(H,35,36). The van der Waals surface area contributed by atoms with Crippen molar-refractivity contribution in [1.82, 2.24) is 29.6 Å². The molecule has 214 valence electrons. The number of halogens is 2. The number of likely N-dealkylation sites (N-methyl/N-ethyl adjacent to an activating group) is 1. The maximum absolute atomic E-state index is 13.4. The number of hydrogen-bond acceptors (Lipinski definition) is 6. The van der Waals surface area contributed by atoms with E-state index in [-0.39, 0.29) is 35.6 Å². The van der Waals surface area contributed by atoms with Crippen LogP contribution in [0.5, 0.6) is 0 Å². The van der Waals surface area contributed by atoms with Crippen molar-refractivity contribution in [2.45, 2.75) is 36.8 Å². The smallest absolute Gasteiger partial charge is 0.277 e. The van der Waals surface area contributed by atoms with Gasteiger partial charge in [-0.3, -0.25) is 19.7 Å². The van der Waals surface area contributed by atoms with Gasteiger partial charge in [-0.1, -0.05) is 36.9 Å². The van der Waals surface area contributed by atoms with Crippen LogP contribution < -0.4 is 5.56 Å². The molecule has 1 atom stereocenters. The number of benzene rings is 2. The molecule has 0 fully saturated rings. The van der Waals surface area contributed by atoms with Gasteiger partial charge in [0.15, 0.2) is 5.16 Å². The molecule has 0 saturated carbocycles. The summed E-state index contributed by atoms with van der Waals surface area (Å²) in [6.45, 7) is 2.16. The summed E-state index contributed by atoms with van der Waals surface area (Å²) in [5.41, 5.74) is 4.08. The molecule has 0 spiro atoms. The first-order valence-corrected chi connectivity index (χ1v) is 14.2. The van der Waals surface area contributed by atoms with Crippen LogP contribution >= 0.6 is 11.8 Å². The highest BCUT2D eigenvalue weighted by Gasteiger charge is 2.20. The molecule has 42 heavy (non-hydrogen) atoms. The highest BCUT2D eigenvalue weighted by atomic mass is 32.2. The van der Waals surface area contributed by atoms with E-state index in [4.69, 9.17) is 0 Å². The number of carbonyl (C=O) groups is 1. The molecule has 0 radical (unpaired) electrons. The van der Waals surface area contributed by atoms with E-state index in [1.165, 1.54) is 36.0 Å². The topological polar surface area (TPSA) is 96.8 Å². The number of thioether (sulfide) groups is 1. The van der Waals surface area contributed by atoms with Crippen molar-refractivity contribution in [3.05, 3.63) is 130 Å². The van der Waals surface area contributed by atoms with Gasteiger partial charge in [0.05, 0.1) is 11.9 Å². The molecule has 0 aliphatic heterocycles. The zero-order chi connectivity index (χ0) is 29.6. The first-order chi connectivity index (χ1) is 20.3. The Bertz CT molecular complexity index is 1710. The van der Waals surface area contributed by atoms with Gasteiger partial charge in [0, 0.05) is 55.0 Å². The third-order valence-electron chi connectivity index (χ3n) is 6.87. The normalized spacial score (nSPS) is 11.8. The second-order valence-electron chi connectivity index (χ2n) is 9.89. The minimum absolute atomic E-state index is 0.0400. The van der Waals surface area contributed by atoms with E-state index in [9.17, 15) is 18.4 Å². The molecule has 2 aromatic carbocycles. The maximum Gasteiger partial charge on any atom is 0.277 e. The van der Waals surface area contributed by atoms with Crippen LogP contribution in [0.2, 0.25) is 0 Å². The largest absolute Gasteiger partial charge is 0.340 e. The summed E-state index contributed by atoms with van der Waals surface area (Å²) in [6, 6.07) is 15.9. The molecule has 0 bridgehead atoms. The highest BCUT2D eigenvalue weighted by molar-refractivity contribution is 7.98. The van der Waals surface area contributed by atoms with Gasteiger partial charge < -0.3 is 9.47 Å². The van der Waals surface area contributed by atoms with Crippen molar-refractivity contribution >= 4 is 17.7 Å². The van der Waals surface area contributed by atoms with Gasteiger partial charge in [-0.05, 0) is 59.2 Å². The molecular formula is C31H28F2N6O2S. The van der Waals surface area contributed by atoms with Crippen molar-refractivity contribution in [1.29, 1.82) is 0 Å². The van der Waals surface area contributed by atoms with Crippen molar-refractivity contribution in [3.8, 4) is 11.3 Å². The Balaban J connectivity index is 1.34. The maximum atomic E-state index is 13.4. The molecule has 11 heteroatoms. The molecule has 8 nitrogen and oxygen atoms in total. The Labute approximate surface area is 245 Å². The Morgan fingerprint density at radius 1 is 1.00 bits per heavy atom. The van der Waals surface area contributed by atoms with Crippen molar-refractivity contribution in [3.63, 3.8) is 0 Å². The van der Waals surface area contributed by atoms with Crippen LogP contribution in [0.15, 0.2) is 95.4 Å². The third-order valence-corrected chi connectivity index (χ3v) is 7.93. The number of aromatic amines is 1.